The lowest BCUT2D eigenvalue weighted by Crippen LogP contribution is -2.25. The van der Waals surface area contributed by atoms with E-state index in [9.17, 15) is 0 Å². The molecule has 0 fully saturated rings. The van der Waals surface area contributed by atoms with Gasteiger partial charge < -0.3 is 9.30 Å². The van der Waals surface area contributed by atoms with Crippen LogP contribution in [0.3, 0.4) is 0 Å². The summed E-state index contributed by atoms with van der Waals surface area (Å²) in [6.45, 7) is 3.71. The quantitative estimate of drug-likeness (QED) is 0.855. The van der Waals surface area contributed by atoms with Crippen molar-refractivity contribution in [3.05, 3.63) is 41.6 Å². The molecule has 1 atom stereocenters. The molecule has 5 nitrogen and oxygen atoms in total. The molecule has 0 aromatic carbocycles. The smallest absolute Gasteiger partial charge is 0.214 e. The summed E-state index contributed by atoms with van der Waals surface area (Å²) in [5.41, 5.74) is 1.80. The van der Waals surface area contributed by atoms with Gasteiger partial charge in [0, 0.05) is 43.0 Å². The summed E-state index contributed by atoms with van der Waals surface area (Å²) in [7, 11) is 0. The minimum absolute atomic E-state index is 0.455. The number of hydrogen-bond donors (Lipinski definition) is 0. The number of nitriles is 1. The first-order valence-electron chi connectivity index (χ1n) is 6.76. The molecule has 0 aliphatic carbocycles. The fraction of sp³-hybridized carbons (Fsp3) is 0.400. The van der Waals surface area contributed by atoms with E-state index >= 15 is 0 Å². The first-order chi connectivity index (χ1) is 9.76. The van der Waals surface area contributed by atoms with Crippen molar-refractivity contribution in [1.82, 2.24) is 14.5 Å². The Hall–Kier alpha value is -2.35. The van der Waals surface area contributed by atoms with E-state index in [2.05, 4.69) is 27.5 Å². The molecular weight excluding hydrogens is 252 g/mol. The Kier molecular flexibility index (Phi) is 3.38. The predicted octanol–water partition coefficient (Wildman–Crippen LogP) is 2.10. The van der Waals surface area contributed by atoms with Crippen LogP contribution in [0, 0.1) is 24.2 Å². The molecule has 1 aliphatic heterocycles. The molecule has 0 radical (unpaired) electrons. The van der Waals surface area contributed by atoms with E-state index < -0.39 is 0 Å². The average molecular weight is 268 g/mol. The molecule has 0 spiro atoms. The Balaban J connectivity index is 1.61. The van der Waals surface area contributed by atoms with Crippen molar-refractivity contribution in [2.75, 3.05) is 6.61 Å². The number of aromatic nitrogens is 3. The van der Waals surface area contributed by atoms with Crippen molar-refractivity contribution in [2.24, 2.45) is 5.92 Å². The number of rotatable bonds is 3. The second-order valence-corrected chi connectivity index (χ2v) is 5.13. The summed E-state index contributed by atoms with van der Waals surface area (Å²) < 4.78 is 7.98. The van der Waals surface area contributed by atoms with Crippen LogP contribution in [0.5, 0.6) is 5.88 Å². The van der Waals surface area contributed by atoms with Crippen molar-refractivity contribution in [2.45, 2.75) is 26.3 Å². The molecular formula is C15H16N4O. The SMILES string of the molecule is Cc1cnc2n1CCC(COc1cc(C#N)ccn1)C2. The summed E-state index contributed by atoms with van der Waals surface area (Å²) in [5.74, 6) is 2.12. The minimum atomic E-state index is 0.455. The van der Waals surface area contributed by atoms with Gasteiger partial charge in [-0.1, -0.05) is 0 Å². The summed E-state index contributed by atoms with van der Waals surface area (Å²) in [6, 6.07) is 5.44. The summed E-state index contributed by atoms with van der Waals surface area (Å²) >= 11 is 0. The fourth-order valence-corrected chi connectivity index (χ4v) is 2.55. The molecule has 2 aromatic rings. The molecule has 102 valence electrons. The standard InChI is InChI=1S/C15H16N4O/c1-11-9-18-14-6-13(3-5-19(11)14)10-20-15-7-12(8-16)2-4-17-15/h2,4,7,9,13H,3,5-6,10H2,1H3. The number of pyridine rings is 1. The van der Waals surface area contributed by atoms with Crippen LogP contribution in [0.25, 0.3) is 0 Å². The molecule has 0 amide bonds. The van der Waals surface area contributed by atoms with Crippen LogP contribution >= 0.6 is 0 Å². The number of ether oxygens (including phenoxy) is 1. The molecule has 0 N–H and O–H groups in total. The number of nitrogens with zero attached hydrogens (tertiary/aromatic N) is 4. The Morgan fingerprint density at radius 2 is 2.40 bits per heavy atom. The Morgan fingerprint density at radius 3 is 3.25 bits per heavy atom. The maximum atomic E-state index is 8.85. The van der Waals surface area contributed by atoms with Crippen molar-refractivity contribution in [1.29, 1.82) is 5.26 Å². The maximum Gasteiger partial charge on any atom is 0.214 e. The molecule has 0 saturated carbocycles. The number of imidazole rings is 1. The molecule has 0 saturated heterocycles. The van der Waals surface area contributed by atoms with Gasteiger partial charge in [0.15, 0.2) is 0 Å². The highest BCUT2D eigenvalue weighted by atomic mass is 16.5. The summed E-state index contributed by atoms with van der Waals surface area (Å²) in [5, 5.41) is 8.85. The second-order valence-electron chi connectivity index (χ2n) is 5.13. The highest BCUT2D eigenvalue weighted by molar-refractivity contribution is 5.31. The zero-order valence-corrected chi connectivity index (χ0v) is 11.4. The van der Waals surface area contributed by atoms with Crippen LogP contribution in [-0.4, -0.2) is 21.1 Å². The molecule has 1 aliphatic rings. The van der Waals surface area contributed by atoms with Crippen LogP contribution in [0.2, 0.25) is 0 Å². The van der Waals surface area contributed by atoms with Crippen LogP contribution in [0.1, 0.15) is 23.5 Å². The maximum absolute atomic E-state index is 8.85. The van der Waals surface area contributed by atoms with Gasteiger partial charge in [0.2, 0.25) is 5.88 Å². The molecule has 20 heavy (non-hydrogen) atoms. The highest BCUT2D eigenvalue weighted by Crippen LogP contribution is 2.22. The largest absolute Gasteiger partial charge is 0.477 e. The molecule has 1 unspecified atom stereocenters. The van der Waals surface area contributed by atoms with E-state index in [-0.39, 0.29) is 0 Å². The van der Waals surface area contributed by atoms with Crippen LogP contribution in [-0.2, 0) is 13.0 Å². The van der Waals surface area contributed by atoms with Crippen LogP contribution < -0.4 is 4.74 Å². The fourth-order valence-electron chi connectivity index (χ4n) is 2.55. The monoisotopic (exact) mass is 268 g/mol. The van der Waals surface area contributed by atoms with Gasteiger partial charge in [0.25, 0.3) is 0 Å². The van der Waals surface area contributed by atoms with Gasteiger partial charge in [-0.15, -0.1) is 0 Å². The second kappa shape index (κ2) is 5.33. The van der Waals surface area contributed by atoms with E-state index in [1.54, 1.807) is 18.3 Å². The lowest BCUT2D eigenvalue weighted by Gasteiger charge is -2.24. The van der Waals surface area contributed by atoms with E-state index in [4.69, 9.17) is 10.00 Å². The molecule has 2 aromatic heterocycles. The van der Waals surface area contributed by atoms with Crippen LogP contribution in [0.4, 0.5) is 0 Å². The number of hydrogen-bond acceptors (Lipinski definition) is 4. The van der Waals surface area contributed by atoms with E-state index in [1.165, 1.54) is 5.69 Å². The minimum Gasteiger partial charge on any atom is -0.477 e. The van der Waals surface area contributed by atoms with Crippen molar-refractivity contribution >= 4 is 0 Å². The third-order valence-electron chi connectivity index (χ3n) is 3.70. The third-order valence-corrected chi connectivity index (χ3v) is 3.70. The lowest BCUT2D eigenvalue weighted by molar-refractivity contribution is 0.211. The molecule has 3 rings (SSSR count). The lowest BCUT2D eigenvalue weighted by atomic mass is 9.99. The van der Waals surface area contributed by atoms with Gasteiger partial charge in [0.05, 0.1) is 18.2 Å². The van der Waals surface area contributed by atoms with E-state index in [0.717, 1.165) is 25.2 Å². The number of aryl methyl sites for hydroxylation is 1. The van der Waals surface area contributed by atoms with E-state index in [1.807, 2.05) is 6.20 Å². The Labute approximate surface area is 117 Å². The van der Waals surface area contributed by atoms with E-state index in [0.29, 0.717) is 24.0 Å². The van der Waals surface area contributed by atoms with Crippen molar-refractivity contribution in [3.8, 4) is 11.9 Å². The molecule has 3 heterocycles. The first kappa shape index (κ1) is 12.7. The van der Waals surface area contributed by atoms with Gasteiger partial charge in [0.1, 0.15) is 5.82 Å². The summed E-state index contributed by atoms with van der Waals surface area (Å²) in [6.07, 6.45) is 5.55. The van der Waals surface area contributed by atoms with Gasteiger partial charge in [-0.2, -0.15) is 5.26 Å². The predicted molar refractivity (Wildman–Crippen MR) is 73.2 cm³/mol. The average Bonchev–Trinajstić information content (AvgIpc) is 2.86. The van der Waals surface area contributed by atoms with Crippen molar-refractivity contribution < 1.29 is 4.74 Å². The zero-order chi connectivity index (χ0) is 13.9. The highest BCUT2D eigenvalue weighted by Gasteiger charge is 2.21. The number of fused-ring (bicyclic) bond motifs is 1. The Bertz CT molecular complexity index is 656. The van der Waals surface area contributed by atoms with Gasteiger partial charge in [-0.05, 0) is 19.4 Å². The van der Waals surface area contributed by atoms with Gasteiger partial charge in [-0.3, -0.25) is 0 Å². The van der Waals surface area contributed by atoms with Gasteiger partial charge in [-0.25, -0.2) is 9.97 Å². The van der Waals surface area contributed by atoms with Crippen LogP contribution in [0.15, 0.2) is 24.5 Å². The summed E-state index contributed by atoms with van der Waals surface area (Å²) in [4.78, 5) is 8.56. The Morgan fingerprint density at radius 1 is 1.50 bits per heavy atom. The van der Waals surface area contributed by atoms with Crippen molar-refractivity contribution in [3.63, 3.8) is 0 Å². The molecule has 0 bridgehead atoms. The zero-order valence-electron chi connectivity index (χ0n) is 11.4. The van der Waals surface area contributed by atoms with Gasteiger partial charge >= 0.3 is 0 Å². The normalized spacial score (nSPS) is 17.3. The first-order valence-corrected chi connectivity index (χ1v) is 6.76. The topological polar surface area (TPSA) is 63.7 Å². The third kappa shape index (κ3) is 2.50. The molecule has 5 heteroatoms.